The van der Waals surface area contributed by atoms with Crippen molar-refractivity contribution < 1.29 is 9.59 Å². The van der Waals surface area contributed by atoms with Gasteiger partial charge in [-0.3, -0.25) is 14.3 Å². The number of nitrogens with one attached hydrogen (secondary N) is 1. The Bertz CT molecular complexity index is 782. The number of carbonyl (C=O) groups is 2. The van der Waals surface area contributed by atoms with E-state index in [1.807, 2.05) is 44.6 Å². The van der Waals surface area contributed by atoms with Crippen LogP contribution in [0.25, 0.3) is 0 Å². The minimum atomic E-state index is -0.261. The molecule has 2 aromatic heterocycles. The number of hydrogen-bond donors (Lipinski definition) is 1. The van der Waals surface area contributed by atoms with E-state index in [0.29, 0.717) is 18.7 Å². The maximum Gasteiger partial charge on any atom is 0.245 e. The molecule has 0 aromatic carbocycles. The van der Waals surface area contributed by atoms with E-state index in [9.17, 15) is 9.59 Å². The van der Waals surface area contributed by atoms with Crippen LogP contribution in [-0.2, 0) is 23.1 Å². The van der Waals surface area contributed by atoms with Gasteiger partial charge in [-0.05, 0) is 44.9 Å². The van der Waals surface area contributed by atoms with Crippen LogP contribution >= 0.6 is 0 Å². The molecule has 0 bridgehead atoms. The number of pyridine rings is 1. The zero-order valence-corrected chi connectivity index (χ0v) is 15.5. The van der Waals surface area contributed by atoms with Crippen LogP contribution in [-0.4, -0.2) is 45.1 Å². The van der Waals surface area contributed by atoms with Gasteiger partial charge in [0.15, 0.2) is 0 Å². The van der Waals surface area contributed by atoms with Gasteiger partial charge in [-0.1, -0.05) is 6.07 Å². The Labute approximate surface area is 148 Å². The molecule has 2 amide bonds. The molecule has 7 nitrogen and oxygen atoms in total. The summed E-state index contributed by atoms with van der Waals surface area (Å²) < 4.78 is 1.82. The topological polar surface area (TPSA) is 80.1 Å². The molecule has 0 aliphatic heterocycles. The van der Waals surface area contributed by atoms with Gasteiger partial charge in [0.1, 0.15) is 5.82 Å². The molecule has 134 valence electrons. The summed E-state index contributed by atoms with van der Waals surface area (Å²) in [6.45, 7) is 5.79. The zero-order valence-electron chi connectivity index (χ0n) is 15.5. The van der Waals surface area contributed by atoms with Gasteiger partial charge in [0.2, 0.25) is 11.8 Å². The number of hydrogen-bond acceptors (Lipinski definition) is 4. The second-order valence-electron chi connectivity index (χ2n) is 6.24. The smallest absolute Gasteiger partial charge is 0.245 e. The number of nitrogens with zero attached hydrogens (tertiary/aromatic N) is 4. The standard InChI is InChI=1S/C18H25N5O2/c1-12-7-6-8-16(19-12)20-17(24)11-22(4)18(25)10-9-15-13(2)21-23(5)14(15)3/h6-8H,9-11H2,1-5H3,(H,19,20,24). The van der Waals surface area contributed by atoms with E-state index in [0.717, 1.165) is 22.6 Å². The molecule has 0 unspecified atom stereocenters. The third-order valence-electron chi connectivity index (χ3n) is 4.21. The summed E-state index contributed by atoms with van der Waals surface area (Å²) in [6.07, 6.45) is 0.968. The van der Waals surface area contributed by atoms with Crippen molar-refractivity contribution in [1.29, 1.82) is 0 Å². The van der Waals surface area contributed by atoms with Crippen molar-refractivity contribution in [2.75, 3.05) is 18.9 Å². The fourth-order valence-corrected chi connectivity index (χ4v) is 2.70. The van der Waals surface area contributed by atoms with Crippen molar-refractivity contribution >= 4 is 17.6 Å². The van der Waals surface area contributed by atoms with Crippen molar-refractivity contribution in [3.05, 3.63) is 40.8 Å². The van der Waals surface area contributed by atoms with Gasteiger partial charge >= 0.3 is 0 Å². The highest BCUT2D eigenvalue weighted by atomic mass is 16.2. The first-order valence-electron chi connectivity index (χ1n) is 8.24. The molecule has 2 heterocycles. The largest absolute Gasteiger partial charge is 0.336 e. The second kappa shape index (κ2) is 7.92. The molecular weight excluding hydrogens is 318 g/mol. The lowest BCUT2D eigenvalue weighted by atomic mass is 10.1. The average Bonchev–Trinajstić information content (AvgIpc) is 2.77. The minimum Gasteiger partial charge on any atom is -0.336 e. The lowest BCUT2D eigenvalue weighted by molar-refractivity contribution is -0.133. The van der Waals surface area contributed by atoms with Crippen molar-refractivity contribution in [3.63, 3.8) is 0 Å². The van der Waals surface area contributed by atoms with E-state index < -0.39 is 0 Å². The molecule has 2 rings (SSSR count). The molecule has 25 heavy (non-hydrogen) atoms. The van der Waals surface area contributed by atoms with Crippen LogP contribution in [0.5, 0.6) is 0 Å². The van der Waals surface area contributed by atoms with Crippen LogP contribution in [0, 0.1) is 20.8 Å². The number of likely N-dealkylation sites (N-methyl/N-ethyl adjacent to an activating group) is 1. The van der Waals surface area contributed by atoms with Crippen LogP contribution in [0.3, 0.4) is 0 Å². The Kier molecular flexibility index (Phi) is 5.90. The van der Waals surface area contributed by atoms with Gasteiger partial charge in [-0.15, -0.1) is 0 Å². The number of anilines is 1. The van der Waals surface area contributed by atoms with E-state index in [1.54, 1.807) is 13.1 Å². The molecule has 0 saturated heterocycles. The maximum atomic E-state index is 12.3. The van der Waals surface area contributed by atoms with E-state index in [2.05, 4.69) is 15.4 Å². The molecule has 0 radical (unpaired) electrons. The van der Waals surface area contributed by atoms with Gasteiger partial charge in [0.25, 0.3) is 0 Å². The third kappa shape index (κ3) is 4.89. The number of aryl methyl sites for hydroxylation is 3. The highest BCUT2D eigenvalue weighted by Crippen LogP contribution is 2.14. The van der Waals surface area contributed by atoms with Gasteiger partial charge in [-0.2, -0.15) is 5.10 Å². The van der Waals surface area contributed by atoms with Crippen molar-refractivity contribution in [1.82, 2.24) is 19.7 Å². The summed E-state index contributed by atoms with van der Waals surface area (Å²) >= 11 is 0. The Morgan fingerprint density at radius 2 is 1.96 bits per heavy atom. The molecule has 0 atom stereocenters. The lowest BCUT2D eigenvalue weighted by Crippen LogP contribution is -2.35. The van der Waals surface area contributed by atoms with Crippen LogP contribution in [0.1, 0.15) is 29.1 Å². The first-order valence-corrected chi connectivity index (χ1v) is 8.24. The number of carbonyl (C=O) groups excluding carboxylic acids is 2. The second-order valence-corrected chi connectivity index (χ2v) is 6.24. The first-order chi connectivity index (χ1) is 11.8. The summed E-state index contributed by atoms with van der Waals surface area (Å²) in [5.41, 5.74) is 3.93. The molecule has 1 N–H and O–H groups in total. The number of aromatic nitrogens is 3. The Balaban J connectivity index is 1.86. The Morgan fingerprint density at radius 1 is 1.24 bits per heavy atom. The van der Waals surface area contributed by atoms with E-state index in [1.165, 1.54) is 4.90 Å². The molecule has 0 aliphatic rings. The van der Waals surface area contributed by atoms with Crippen LogP contribution in [0.2, 0.25) is 0 Å². The fraction of sp³-hybridized carbons (Fsp3) is 0.444. The zero-order chi connectivity index (χ0) is 18.6. The maximum absolute atomic E-state index is 12.3. The van der Waals surface area contributed by atoms with Crippen molar-refractivity contribution in [2.24, 2.45) is 7.05 Å². The van der Waals surface area contributed by atoms with E-state index in [4.69, 9.17) is 0 Å². The molecule has 0 spiro atoms. The molecular formula is C18H25N5O2. The highest BCUT2D eigenvalue weighted by Gasteiger charge is 2.16. The van der Waals surface area contributed by atoms with Crippen molar-refractivity contribution in [3.8, 4) is 0 Å². The first kappa shape index (κ1) is 18.6. The monoisotopic (exact) mass is 343 g/mol. The summed E-state index contributed by atoms with van der Waals surface area (Å²) in [5, 5.41) is 7.06. The van der Waals surface area contributed by atoms with Crippen molar-refractivity contribution in [2.45, 2.75) is 33.6 Å². The SMILES string of the molecule is Cc1cccc(NC(=O)CN(C)C(=O)CCc2c(C)nn(C)c2C)n1. The van der Waals surface area contributed by atoms with E-state index >= 15 is 0 Å². The number of rotatable bonds is 6. The van der Waals surface area contributed by atoms with Gasteiger partial charge in [-0.25, -0.2) is 4.98 Å². The summed E-state index contributed by atoms with van der Waals surface area (Å²) in [4.78, 5) is 30.0. The lowest BCUT2D eigenvalue weighted by Gasteiger charge is -2.16. The van der Waals surface area contributed by atoms with Crippen LogP contribution in [0.15, 0.2) is 18.2 Å². The quantitative estimate of drug-likeness (QED) is 0.867. The normalized spacial score (nSPS) is 10.6. The van der Waals surface area contributed by atoms with E-state index in [-0.39, 0.29) is 18.4 Å². The van der Waals surface area contributed by atoms with Gasteiger partial charge in [0, 0.05) is 31.9 Å². The minimum absolute atomic E-state index is 0.000537. The molecule has 0 fully saturated rings. The predicted molar refractivity (Wildman–Crippen MR) is 96.2 cm³/mol. The third-order valence-corrected chi connectivity index (χ3v) is 4.21. The molecule has 2 aromatic rings. The van der Waals surface area contributed by atoms with Crippen LogP contribution in [0.4, 0.5) is 5.82 Å². The molecule has 0 saturated carbocycles. The average molecular weight is 343 g/mol. The summed E-state index contributed by atoms with van der Waals surface area (Å²) in [7, 11) is 3.53. The highest BCUT2D eigenvalue weighted by molar-refractivity contribution is 5.93. The van der Waals surface area contributed by atoms with Gasteiger partial charge in [0.05, 0.1) is 12.2 Å². The fourth-order valence-electron chi connectivity index (χ4n) is 2.70. The van der Waals surface area contributed by atoms with Gasteiger partial charge < -0.3 is 10.2 Å². The molecule has 0 aliphatic carbocycles. The number of amides is 2. The summed E-state index contributed by atoms with van der Waals surface area (Å²) in [6, 6.07) is 5.40. The summed E-state index contributed by atoms with van der Waals surface area (Å²) in [5.74, 6) is 0.158. The molecule has 7 heteroatoms. The van der Waals surface area contributed by atoms with Crippen LogP contribution < -0.4 is 5.32 Å². The Morgan fingerprint density at radius 3 is 2.56 bits per heavy atom. The Hall–Kier alpha value is -2.70. The predicted octanol–water partition coefficient (Wildman–Crippen LogP) is 1.77.